The van der Waals surface area contributed by atoms with Crippen molar-refractivity contribution in [3.8, 4) is 22.9 Å². The first-order valence-corrected chi connectivity index (χ1v) is 8.97. The van der Waals surface area contributed by atoms with Gasteiger partial charge >= 0.3 is 0 Å². The molecule has 0 spiro atoms. The van der Waals surface area contributed by atoms with Gasteiger partial charge in [-0.05, 0) is 42.0 Å². The third-order valence-electron chi connectivity index (χ3n) is 4.78. The standard InChI is InChI=1S/C20H18ClN3O4/c1-27-15-7-11(8-16(28-2)19(15)26)14-9-17(25)23-20-18(14)22-10-24(20)13-5-3-12(21)4-6-13/h3-8,10,14,26H,9H2,1-2H3,(H,23,25)/t14-/m1/s1. The second kappa shape index (κ2) is 7.09. The maximum absolute atomic E-state index is 12.4. The predicted octanol–water partition coefficient (Wildman–Crippen LogP) is 3.72. The monoisotopic (exact) mass is 399 g/mol. The lowest BCUT2D eigenvalue weighted by Crippen LogP contribution is -2.25. The van der Waals surface area contributed by atoms with Crippen LogP contribution in [-0.4, -0.2) is 34.8 Å². The predicted molar refractivity (Wildman–Crippen MR) is 105 cm³/mol. The van der Waals surface area contributed by atoms with E-state index < -0.39 is 0 Å². The maximum Gasteiger partial charge on any atom is 0.226 e. The fraction of sp³-hybridized carbons (Fsp3) is 0.200. The van der Waals surface area contributed by atoms with Gasteiger partial charge in [0.2, 0.25) is 11.7 Å². The number of aromatic hydroxyl groups is 1. The molecule has 2 heterocycles. The number of benzene rings is 2. The first kappa shape index (κ1) is 18.2. The van der Waals surface area contributed by atoms with Gasteiger partial charge in [0.25, 0.3) is 0 Å². The summed E-state index contributed by atoms with van der Waals surface area (Å²) in [6.07, 6.45) is 1.89. The van der Waals surface area contributed by atoms with Crippen LogP contribution in [0.1, 0.15) is 23.6 Å². The van der Waals surface area contributed by atoms with E-state index in [1.54, 1.807) is 30.6 Å². The molecule has 4 rings (SSSR count). The third-order valence-corrected chi connectivity index (χ3v) is 5.03. The van der Waals surface area contributed by atoms with Crippen LogP contribution in [0.2, 0.25) is 5.02 Å². The number of aromatic nitrogens is 2. The number of nitrogens with zero attached hydrogens (tertiary/aromatic N) is 2. The van der Waals surface area contributed by atoms with Gasteiger partial charge in [0.1, 0.15) is 12.1 Å². The average molecular weight is 400 g/mol. The lowest BCUT2D eigenvalue weighted by molar-refractivity contribution is -0.116. The Hall–Kier alpha value is -3.19. The van der Waals surface area contributed by atoms with E-state index in [4.69, 9.17) is 21.1 Å². The molecule has 2 aromatic carbocycles. The van der Waals surface area contributed by atoms with Crippen molar-refractivity contribution in [1.29, 1.82) is 0 Å². The Morgan fingerprint density at radius 2 is 1.82 bits per heavy atom. The van der Waals surface area contributed by atoms with E-state index in [-0.39, 0.29) is 35.5 Å². The number of nitrogens with one attached hydrogen (secondary N) is 1. The molecule has 2 N–H and O–H groups in total. The molecule has 0 unspecified atom stereocenters. The van der Waals surface area contributed by atoms with E-state index in [0.29, 0.717) is 10.8 Å². The third kappa shape index (κ3) is 3.03. The molecule has 0 radical (unpaired) electrons. The summed E-state index contributed by atoms with van der Waals surface area (Å²) in [5.74, 6) is 0.647. The Balaban J connectivity index is 1.82. The number of hydrogen-bond donors (Lipinski definition) is 2. The van der Waals surface area contributed by atoms with E-state index >= 15 is 0 Å². The molecular weight excluding hydrogens is 382 g/mol. The second-order valence-corrected chi connectivity index (χ2v) is 6.84. The highest BCUT2D eigenvalue weighted by Gasteiger charge is 2.32. The summed E-state index contributed by atoms with van der Waals surface area (Å²) in [7, 11) is 2.93. The minimum atomic E-state index is -0.305. The topological polar surface area (TPSA) is 85.6 Å². The molecule has 0 fully saturated rings. The number of halogens is 1. The van der Waals surface area contributed by atoms with E-state index in [1.807, 2.05) is 16.7 Å². The van der Waals surface area contributed by atoms with Crippen LogP contribution in [0.4, 0.5) is 5.82 Å². The molecule has 28 heavy (non-hydrogen) atoms. The van der Waals surface area contributed by atoms with Crippen molar-refractivity contribution in [2.24, 2.45) is 0 Å². The minimum absolute atomic E-state index is 0.0825. The van der Waals surface area contributed by atoms with Crippen LogP contribution in [0, 0.1) is 0 Å². The van der Waals surface area contributed by atoms with Crippen LogP contribution in [0.3, 0.4) is 0 Å². The fourth-order valence-corrected chi connectivity index (χ4v) is 3.52. The quantitative estimate of drug-likeness (QED) is 0.698. The summed E-state index contributed by atoms with van der Waals surface area (Å²) in [5.41, 5.74) is 2.33. The number of imidazole rings is 1. The van der Waals surface area contributed by atoms with Crippen LogP contribution in [-0.2, 0) is 4.79 Å². The molecule has 1 aliphatic heterocycles. The van der Waals surface area contributed by atoms with Gasteiger partial charge in [0, 0.05) is 23.0 Å². The summed E-state index contributed by atoms with van der Waals surface area (Å²) in [4.78, 5) is 17.0. The number of carbonyl (C=O) groups is 1. The zero-order valence-corrected chi connectivity index (χ0v) is 16.0. The number of ether oxygens (including phenoxy) is 2. The Morgan fingerprint density at radius 1 is 1.18 bits per heavy atom. The summed E-state index contributed by atoms with van der Waals surface area (Å²) in [6, 6.07) is 10.7. The van der Waals surface area contributed by atoms with Crippen LogP contribution in [0.15, 0.2) is 42.7 Å². The van der Waals surface area contributed by atoms with Crippen LogP contribution < -0.4 is 14.8 Å². The van der Waals surface area contributed by atoms with Crippen LogP contribution in [0.5, 0.6) is 17.2 Å². The van der Waals surface area contributed by atoms with E-state index in [9.17, 15) is 9.90 Å². The van der Waals surface area contributed by atoms with Gasteiger partial charge in [0.05, 0.1) is 19.9 Å². The van der Waals surface area contributed by atoms with Crippen molar-refractivity contribution in [2.45, 2.75) is 12.3 Å². The average Bonchev–Trinajstić information content (AvgIpc) is 3.12. The van der Waals surface area contributed by atoms with Gasteiger partial charge in [-0.2, -0.15) is 0 Å². The zero-order chi connectivity index (χ0) is 19.8. The Bertz CT molecular complexity index is 1020. The Labute approximate surface area is 166 Å². The number of methoxy groups -OCH3 is 2. The molecule has 0 aliphatic carbocycles. The summed E-state index contributed by atoms with van der Waals surface area (Å²) in [5, 5.41) is 13.7. The number of amides is 1. The smallest absolute Gasteiger partial charge is 0.226 e. The molecule has 3 aromatic rings. The molecule has 8 heteroatoms. The summed E-state index contributed by atoms with van der Waals surface area (Å²) < 4.78 is 12.3. The molecule has 1 aliphatic rings. The molecule has 1 aromatic heterocycles. The lowest BCUT2D eigenvalue weighted by Gasteiger charge is -2.24. The summed E-state index contributed by atoms with van der Waals surface area (Å²) >= 11 is 5.97. The first-order chi connectivity index (χ1) is 13.5. The molecule has 0 saturated carbocycles. The van der Waals surface area contributed by atoms with Gasteiger partial charge < -0.3 is 19.9 Å². The van der Waals surface area contributed by atoms with E-state index in [0.717, 1.165) is 16.9 Å². The van der Waals surface area contributed by atoms with Gasteiger partial charge in [-0.25, -0.2) is 4.98 Å². The first-order valence-electron chi connectivity index (χ1n) is 8.59. The van der Waals surface area contributed by atoms with Crippen molar-refractivity contribution < 1.29 is 19.4 Å². The normalized spacial score (nSPS) is 15.7. The molecule has 144 valence electrons. The van der Waals surface area contributed by atoms with Crippen LogP contribution in [0.25, 0.3) is 5.69 Å². The number of phenols is 1. The summed E-state index contributed by atoms with van der Waals surface area (Å²) in [6.45, 7) is 0. The van der Waals surface area contributed by atoms with Crippen molar-refractivity contribution in [1.82, 2.24) is 9.55 Å². The van der Waals surface area contributed by atoms with Crippen LogP contribution >= 0.6 is 11.6 Å². The van der Waals surface area contributed by atoms with Gasteiger partial charge in [-0.3, -0.25) is 9.36 Å². The second-order valence-electron chi connectivity index (χ2n) is 6.40. The SMILES string of the molecule is COc1cc([C@H]2CC(=O)Nc3c2ncn3-c2ccc(Cl)cc2)cc(OC)c1O. The molecule has 0 bridgehead atoms. The number of anilines is 1. The zero-order valence-electron chi connectivity index (χ0n) is 15.3. The number of rotatable bonds is 4. The van der Waals surface area contributed by atoms with Gasteiger partial charge in [-0.1, -0.05) is 11.6 Å². The van der Waals surface area contributed by atoms with Gasteiger partial charge in [-0.15, -0.1) is 0 Å². The molecular formula is C20H18ClN3O4. The number of hydrogen-bond acceptors (Lipinski definition) is 5. The molecule has 1 amide bonds. The maximum atomic E-state index is 12.4. The number of phenolic OH excluding ortho intramolecular Hbond substituents is 1. The highest BCUT2D eigenvalue weighted by Crippen LogP contribution is 2.44. The minimum Gasteiger partial charge on any atom is -0.502 e. The number of carbonyl (C=O) groups excluding carboxylic acids is 1. The van der Waals surface area contributed by atoms with E-state index in [2.05, 4.69) is 10.3 Å². The largest absolute Gasteiger partial charge is 0.502 e. The fourth-order valence-electron chi connectivity index (χ4n) is 3.39. The molecule has 1 atom stereocenters. The lowest BCUT2D eigenvalue weighted by atomic mass is 9.89. The molecule has 0 saturated heterocycles. The van der Waals surface area contributed by atoms with Crippen molar-refractivity contribution in [3.05, 3.63) is 59.0 Å². The Morgan fingerprint density at radius 3 is 2.43 bits per heavy atom. The number of fused-ring (bicyclic) bond motifs is 1. The molecule has 7 nitrogen and oxygen atoms in total. The Kier molecular flexibility index (Phi) is 4.60. The van der Waals surface area contributed by atoms with Crippen molar-refractivity contribution >= 4 is 23.3 Å². The van der Waals surface area contributed by atoms with E-state index in [1.165, 1.54) is 14.2 Å². The van der Waals surface area contributed by atoms with Crippen molar-refractivity contribution in [3.63, 3.8) is 0 Å². The highest BCUT2D eigenvalue weighted by molar-refractivity contribution is 6.30. The highest BCUT2D eigenvalue weighted by atomic mass is 35.5. The van der Waals surface area contributed by atoms with Crippen molar-refractivity contribution in [2.75, 3.05) is 19.5 Å². The van der Waals surface area contributed by atoms with Gasteiger partial charge in [0.15, 0.2) is 11.5 Å².